The summed E-state index contributed by atoms with van der Waals surface area (Å²) in [7, 11) is 1.96. The number of thiazole rings is 1. The zero-order valence-corrected chi connectivity index (χ0v) is 11.8. The van der Waals surface area contributed by atoms with Gasteiger partial charge in [-0.2, -0.15) is 0 Å². The molecule has 2 aromatic rings. The Morgan fingerprint density at radius 3 is 2.94 bits per heavy atom. The van der Waals surface area contributed by atoms with E-state index in [1.165, 1.54) is 11.8 Å². The maximum Gasteiger partial charge on any atom is 0.190 e. The molecule has 0 aliphatic rings. The van der Waals surface area contributed by atoms with Gasteiger partial charge in [0.15, 0.2) is 5.16 Å². The van der Waals surface area contributed by atoms with E-state index < -0.39 is 0 Å². The lowest BCUT2D eigenvalue weighted by atomic mass is 10.4. The molecule has 0 unspecified atom stereocenters. The van der Waals surface area contributed by atoms with E-state index in [2.05, 4.69) is 15.0 Å². The molecule has 0 aliphatic heterocycles. The van der Waals surface area contributed by atoms with Gasteiger partial charge in [0.2, 0.25) is 0 Å². The molecule has 0 amide bonds. The van der Waals surface area contributed by atoms with Crippen molar-refractivity contribution in [2.24, 2.45) is 0 Å². The molecule has 0 N–H and O–H groups in total. The van der Waals surface area contributed by atoms with Gasteiger partial charge in [-0.3, -0.25) is 0 Å². The van der Waals surface area contributed by atoms with Crippen molar-refractivity contribution in [3.63, 3.8) is 0 Å². The predicted octanol–water partition coefficient (Wildman–Crippen LogP) is 2.94. The summed E-state index contributed by atoms with van der Waals surface area (Å²) in [5, 5.41) is 3.16. The smallest absolute Gasteiger partial charge is 0.190 e. The summed E-state index contributed by atoms with van der Waals surface area (Å²) in [6.07, 6.45) is 1.93. The number of hydrogen-bond acceptors (Lipinski definition) is 6. The third kappa shape index (κ3) is 3.31. The fraction of sp³-hybridized carbons (Fsp3) is 0.300. The first-order chi connectivity index (χ1) is 8.19. The molecular formula is C10H11ClN4S2. The Morgan fingerprint density at radius 1 is 1.47 bits per heavy atom. The van der Waals surface area contributed by atoms with E-state index in [9.17, 15) is 0 Å². The van der Waals surface area contributed by atoms with Gasteiger partial charge in [0, 0.05) is 18.5 Å². The van der Waals surface area contributed by atoms with Crippen LogP contribution in [0.25, 0.3) is 0 Å². The Kier molecular flexibility index (Phi) is 4.20. The van der Waals surface area contributed by atoms with Gasteiger partial charge in [-0.15, -0.1) is 11.3 Å². The fourth-order valence-corrected chi connectivity index (χ4v) is 2.46. The number of halogens is 1. The van der Waals surface area contributed by atoms with Crippen LogP contribution in [0.4, 0.5) is 5.82 Å². The summed E-state index contributed by atoms with van der Waals surface area (Å²) in [5.41, 5.74) is 2.85. The standard InChI is InChI=1S/C10H11ClN4S2/c1-15(4-7-5-17-6-12-7)9-3-8(11)13-10(14-9)16-2/h3,5-6H,4H2,1-2H3. The first-order valence-electron chi connectivity index (χ1n) is 4.86. The van der Waals surface area contributed by atoms with Crippen molar-refractivity contribution in [2.45, 2.75) is 11.7 Å². The molecule has 2 heterocycles. The number of thioether (sulfide) groups is 1. The Bertz CT molecular complexity index is 489. The molecule has 0 spiro atoms. The van der Waals surface area contributed by atoms with E-state index in [1.54, 1.807) is 17.4 Å². The largest absolute Gasteiger partial charge is 0.354 e. The van der Waals surface area contributed by atoms with Crippen molar-refractivity contribution < 1.29 is 0 Å². The minimum Gasteiger partial charge on any atom is -0.354 e. The predicted molar refractivity (Wildman–Crippen MR) is 73.0 cm³/mol. The summed E-state index contributed by atoms with van der Waals surface area (Å²) in [5.74, 6) is 0.808. The fourth-order valence-electron chi connectivity index (χ4n) is 1.31. The van der Waals surface area contributed by atoms with E-state index in [4.69, 9.17) is 11.6 Å². The molecule has 0 radical (unpaired) electrons. The number of rotatable bonds is 4. The van der Waals surface area contributed by atoms with Gasteiger partial charge in [-0.1, -0.05) is 23.4 Å². The molecule has 17 heavy (non-hydrogen) atoms. The Morgan fingerprint density at radius 2 is 2.29 bits per heavy atom. The Labute approximate surface area is 113 Å². The van der Waals surface area contributed by atoms with Crippen LogP contribution in [0.1, 0.15) is 5.69 Å². The Hall–Kier alpha value is -0.850. The van der Waals surface area contributed by atoms with E-state index in [1.807, 2.05) is 29.1 Å². The van der Waals surface area contributed by atoms with Gasteiger partial charge in [0.1, 0.15) is 11.0 Å². The monoisotopic (exact) mass is 286 g/mol. The second-order valence-electron chi connectivity index (χ2n) is 3.37. The minimum absolute atomic E-state index is 0.462. The third-order valence-electron chi connectivity index (χ3n) is 2.12. The topological polar surface area (TPSA) is 41.9 Å². The molecule has 0 saturated carbocycles. The SMILES string of the molecule is CSc1nc(Cl)cc(N(C)Cc2cscn2)n1. The van der Waals surface area contributed by atoms with E-state index in [0.717, 1.165) is 11.5 Å². The van der Waals surface area contributed by atoms with E-state index >= 15 is 0 Å². The summed E-state index contributed by atoms with van der Waals surface area (Å²) >= 11 is 9.01. The highest BCUT2D eigenvalue weighted by atomic mass is 35.5. The number of anilines is 1. The highest BCUT2D eigenvalue weighted by Crippen LogP contribution is 2.20. The van der Waals surface area contributed by atoms with Crippen molar-refractivity contribution in [3.05, 3.63) is 27.8 Å². The van der Waals surface area contributed by atoms with Crippen molar-refractivity contribution >= 4 is 40.5 Å². The molecular weight excluding hydrogens is 276 g/mol. The number of aromatic nitrogens is 3. The summed E-state index contributed by atoms with van der Waals surface area (Å²) in [4.78, 5) is 14.8. The van der Waals surface area contributed by atoms with Crippen LogP contribution in [-0.2, 0) is 6.54 Å². The van der Waals surface area contributed by atoms with Crippen LogP contribution in [-0.4, -0.2) is 28.3 Å². The maximum absolute atomic E-state index is 5.95. The zero-order chi connectivity index (χ0) is 12.3. The molecule has 0 bridgehead atoms. The van der Waals surface area contributed by atoms with Crippen LogP contribution in [0.3, 0.4) is 0 Å². The first kappa shape index (κ1) is 12.6. The molecule has 2 rings (SSSR count). The van der Waals surface area contributed by atoms with Crippen molar-refractivity contribution in [1.29, 1.82) is 0 Å². The zero-order valence-electron chi connectivity index (χ0n) is 9.42. The molecule has 0 saturated heterocycles. The van der Waals surface area contributed by atoms with Gasteiger partial charge in [0.25, 0.3) is 0 Å². The lowest BCUT2D eigenvalue weighted by Crippen LogP contribution is -2.18. The molecule has 7 heteroatoms. The molecule has 0 aliphatic carbocycles. The molecule has 90 valence electrons. The van der Waals surface area contributed by atoms with Gasteiger partial charge in [-0.25, -0.2) is 15.0 Å². The summed E-state index contributed by atoms with van der Waals surface area (Å²) < 4.78 is 0. The van der Waals surface area contributed by atoms with Crippen LogP contribution in [0.2, 0.25) is 5.15 Å². The second-order valence-corrected chi connectivity index (χ2v) is 5.25. The molecule has 4 nitrogen and oxygen atoms in total. The molecule has 2 aromatic heterocycles. The number of nitrogens with zero attached hydrogens (tertiary/aromatic N) is 4. The summed E-state index contributed by atoms with van der Waals surface area (Å²) in [6, 6.07) is 1.76. The van der Waals surface area contributed by atoms with Gasteiger partial charge >= 0.3 is 0 Å². The quantitative estimate of drug-likeness (QED) is 0.491. The van der Waals surface area contributed by atoms with Gasteiger partial charge < -0.3 is 4.90 Å². The molecule has 0 aromatic carbocycles. The van der Waals surface area contributed by atoms with Crippen LogP contribution in [0.5, 0.6) is 0 Å². The summed E-state index contributed by atoms with van der Waals surface area (Å²) in [6.45, 7) is 0.713. The van der Waals surface area contributed by atoms with Crippen LogP contribution in [0, 0.1) is 0 Å². The van der Waals surface area contributed by atoms with Crippen LogP contribution < -0.4 is 4.90 Å². The highest BCUT2D eigenvalue weighted by molar-refractivity contribution is 7.98. The average molecular weight is 287 g/mol. The lowest BCUT2D eigenvalue weighted by Gasteiger charge is -2.17. The van der Waals surface area contributed by atoms with Gasteiger partial charge in [-0.05, 0) is 6.26 Å². The molecule has 0 fully saturated rings. The minimum atomic E-state index is 0.462. The first-order valence-corrected chi connectivity index (χ1v) is 7.40. The highest BCUT2D eigenvalue weighted by Gasteiger charge is 2.08. The van der Waals surface area contributed by atoms with Crippen molar-refractivity contribution in [1.82, 2.24) is 15.0 Å². The Balaban J connectivity index is 2.18. The second kappa shape index (κ2) is 5.66. The van der Waals surface area contributed by atoms with E-state index in [0.29, 0.717) is 16.9 Å². The van der Waals surface area contributed by atoms with Crippen molar-refractivity contribution in [3.8, 4) is 0 Å². The van der Waals surface area contributed by atoms with E-state index in [-0.39, 0.29) is 0 Å². The van der Waals surface area contributed by atoms with Crippen LogP contribution >= 0.6 is 34.7 Å². The normalized spacial score (nSPS) is 10.5. The van der Waals surface area contributed by atoms with Crippen LogP contribution in [0.15, 0.2) is 22.1 Å². The maximum atomic E-state index is 5.95. The van der Waals surface area contributed by atoms with Crippen molar-refractivity contribution in [2.75, 3.05) is 18.2 Å². The third-order valence-corrected chi connectivity index (χ3v) is 3.49. The molecule has 0 atom stereocenters. The average Bonchev–Trinajstić information content (AvgIpc) is 2.81. The van der Waals surface area contributed by atoms with Gasteiger partial charge in [0.05, 0.1) is 17.7 Å². The lowest BCUT2D eigenvalue weighted by molar-refractivity contribution is 0.842. The number of hydrogen-bond donors (Lipinski definition) is 0.